The van der Waals surface area contributed by atoms with Gasteiger partial charge in [0.25, 0.3) is 0 Å². The lowest BCUT2D eigenvalue weighted by Crippen LogP contribution is -2.37. The van der Waals surface area contributed by atoms with Gasteiger partial charge in [-0.1, -0.05) is 18.2 Å². The van der Waals surface area contributed by atoms with E-state index < -0.39 is 11.9 Å². The molecule has 0 radical (unpaired) electrons. The molecule has 0 spiro atoms. The molecule has 20 heavy (non-hydrogen) atoms. The summed E-state index contributed by atoms with van der Waals surface area (Å²) in [6.45, 7) is 3.95. The number of aliphatic carboxylic acids is 1. The van der Waals surface area contributed by atoms with Gasteiger partial charge in [-0.3, -0.25) is 9.59 Å². The molecule has 2 unspecified atom stereocenters. The lowest BCUT2D eigenvalue weighted by atomic mass is 9.85. The number of benzene rings is 1. The number of amides is 1. The number of hydrogen-bond acceptors (Lipinski definition) is 2. The summed E-state index contributed by atoms with van der Waals surface area (Å²) in [5.74, 6) is -1.33. The Kier molecular flexibility index (Phi) is 4.12. The third-order valence-electron chi connectivity index (χ3n) is 4.25. The van der Waals surface area contributed by atoms with Crippen molar-refractivity contribution in [1.82, 2.24) is 4.90 Å². The number of aryl methyl sites for hydroxylation is 2. The Morgan fingerprint density at radius 2 is 1.90 bits per heavy atom. The Morgan fingerprint density at radius 3 is 2.45 bits per heavy atom. The summed E-state index contributed by atoms with van der Waals surface area (Å²) in [4.78, 5) is 25.4. The van der Waals surface area contributed by atoms with Gasteiger partial charge in [0.1, 0.15) is 0 Å². The van der Waals surface area contributed by atoms with Gasteiger partial charge in [-0.2, -0.15) is 0 Å². The molecular weight excluding hydrogens is 254 g/mol. The van der Waals surface area contributed by atoms with Crippen LogP contribution < -0.4 is 0 Å². The monoisotopic (exact) mass is 275 g/mol. The minimum Gasteiger partial charge on any atom is -0.481 e. The Bertz CT molecular complexity index is 518. The summed E-state index contributed by atoms with van der Waals surface area (Å²) < 4.78 is 0. The standard InChI is InChI=1S/C16H21NO3/c1-10-6-4-7-11(2)14(10)15-12(16(19)20)8-5-9-13(18)17(15)3/h4,6-7,12,15H,5,8-9H2,1-3H3,(H,19,20). The topological polar surface area (TPSA) is 57.6 Å². The van der Waals surface area contributed by atoms with Gasteiger partial charge in [0, 0.05) is 13.5 Å². The zero-order chi connectivity index (χ0) is 14.9. The van der Waals surface area contributed by atoms with Crippen molar-refractivity contribution >= 4 is 11.9 Å². The zero-order valence-electron chi connectivity index (χ0n) is 12.2. The van der Waals surface area contributed by atoms with Crippen molar-refractivity contribution in [2.24, 2.45) is 5.92 Å². The van der Waals surface area contributed by atoms with Crippen molar-refractivity contribution in [3.8, 4) is 0 Å². The third kappa shape index (κ3) is 2.55. The fourth-order valence-electron chi connectivity index (χ4n) is 3.18. The molecule has 1 aromatic carbocycles. The van der Waals surface area contributed by atoms with E-state index in [0.29, 0.717) is 19.3 Å². The summed E-state index contributed by atoms with van der Waals surface area (Å²) in [5, 5.41) is 9.54. The fraction of sp³-hybridized carbons (Fsp3) is 0.500. The van der Waals surface area contributed by atoms with E-state index in [-0.39, 0.29) is 11.9 Å². The molecule has 1 aliphatic heterocycles. The van der Waals surface area contributed by atoms with Gasteiger partial charge in [-0.15, -0.1) is 0 Å². The van der Waals surface area contributed by atoms with Crippen LogP contribution in [0.15, 0.2) is 18.2 Å². The highest BCUT2D eigenvalue weighted by Crippen LogP contribution is 2.37. The van der Waals surface area contributed by atoms with Gasteiger partial charge in [0.2, 0.25) is 5.91 Å². The lowest BCUT2D eigenvalue weighted by Gasteiger charge is -2.33. The third-order valence-corrected chi connectivity index (χ3v) is 4.25. The van der Waals surface area contributed by atoms with Crippen LogP contribution in [0.25, 0.3) is 0 Å². The number of nitrogens with zero attached hydrogens (tertiary/aromatic N) is 1. The van der Waals surface area contributed by atoms with Crippen molar-refractivity contribution in [2.75, 3.05) is 7.05 Å². The van der Waals surface area contributed by atoms with Crippen LogP contribution in [-0.4, -0.2) is 28.9 Å². The van der Waals surface area contributed by atoms with Gasteiger partial charge in [0.15, 0.2) is 0 Å². The summed E-state index contributed by atoms with van der Waals surface area (Å²) in [6.07, 6.45) is 1.62. The van der Waals surface area contributed by atoms with Crippen LogP contribution >= 0.6 is 0 Å². The van der Waals surface area contributed by atoms with Crippen molar-refractivity contribution in [1.29, 1.82) is 0 Å². The molecule has 1 N–H and O–H groups in total. The van der Waals surface area contributed by atoms with Crippen molar-refractivity contribution < 1.29 is 14.7 Å². The number of carboxylic acids is 1. The molecule has 1 fully saturated rings. The smallest absolute Gasteiger partial charge is 0.308 e. The van der Waals surface area contributed by atoms with Crippen LogP contribution in [0, 0.1) is 19.8 Å². The van der Waals surface area contributed by atoms with Gasteiger partial charge >= 0.3 is 5.97 Å². The van der Waals surface area contributed by atoms with Gasteiger partial charge < -0.3 is 10.0 Å². The van der Waals surface area contributed by atoms with E-state index in [9.17, 15) is 14.7 Å². The summed E-state index contributed by atoms with van der Waals surface area (Å²) >= 11 is 0. The van der Waals surface area contributed by atoms with Crippen LogP contribution in [0.4, 0.5) is 0 Å². The molecule has 1 aliphatic rings. The predicted molar refractivity (Wildman–Crippen MR) is 76.4 cm³/mol. The normalized spacial score (nSPS) is 23.6. The second kappa shape index (κ2) is 5.65. The SMILES string of the molecule is Cc1cccc(C)c1C1C(C(=O)O)CCCC(=O)N1C. The zero-order valence-corrected chi connectivity index (χ0v) is 12.2. The van der Waals surface area contributed by atoms with Crippen LogP contribution in [0.1, 0.15) is 42.0 Å². The van der Waals surface area contributed by atoms with Crippen molar-refractivity contribution in [3.63, 3.8) is 0 Å². The first-order valence-corrected chi connectivity index (χ1v) is 6.98. The summed E-state index contributed by atoms with van der Waals surface area (Å²) in [6, 6.07) is 5.54. The van der Waals surface area contributed by atoms with Crippen LogP contribution in [-0.2, 0) is 9.59 Å². The fourth-order valence-corrected chi connectivity index (χ4v) is 3.18. The molecule has 0 aliphatic carbocycles. The molecule has 2 rings (SSSR count). The highest BCUT2D eigenvalue weighted by molar-refractivity contribution is 5.79. The number of hydrogen-bond donors (Lipinski definition) is 1. The molecule has 1 heterocycles. The Labute approximate surface area is 119 Å². The number of rotatable bonds is 2. The number of likely N-dealkylation sites (tertiary alicyclic amines) is 1. The minimum absolute atomic E-state index is 0.0291. The largest absolute Gasteiger partial charge is 0.481 e. The van der Waals surface area contributed by atoms with E-state index in [0.717, 1.165) is 16.7 Å². The van der Waals surface area contributed by atoms with E-state index in [4.69, 9.17) is 0 Å². The van der Waals surface area contributed by atoms with E-state index in [1.807, 2.05) is 32.0 Å². The van der Waals surface area contributed by atoms with E-state index >= 15 is 0 Å². The number of carbonyl (C=O) groups is 2. The molecule has 4 heteroatoms. The van der Waals surface area contributed by atoms with Crippen molar-refractivity contribution in [2.45, 2.75) is 39.2 Å². The number of carboxylic acid groups (broad SMARTS) is 1. The average molecular weight is 275 g/mol. The molecule has 108 valence electrons. The highest BCUT2D eigenvalue weighted by Gasteiger charge is 2.38. The maximum absolute atomic E-state index is 12.1. The van der Waals surface area contributed by atoms with E-state index in [1.165, 1.54) is 0 Å². The summed E-state index contributed by atoms with van der Waals surface area (Å²) in [5.41, 5.74) is 3.07. The van der Waals surface area contributed by atoms with Gasteiger partial charge in [0.05, 0.1) is 12.0 Å². The molecule has 4 nitrogen and oxygen atoms in total. The second-order valence-electron chi connectivity index (χ2n) is 5.59. The first-order valence-electron chi connectivity index (χ1n) is 6.98. The molecule has 0 bridgehead atoms. The number of carbonyl (C=O) groups excluding carboxylic acids is 1. The molecule has 1 amide bonds. The maximum Gasteiger partial charge on any atom is 0.308 e. The first-order chi connectivity index (χ1) is 9.43. The maximum atomic E-state index is 12.1. The Hall–Kier alpha value is -1.84. The molecule has 1 saturated heterocycles. The quantitative estimate of drug-likeness (QED) is 0.902. The molecule has 0 saturated carbocycles. The Balaban J connectivity index is 2.56. The average Bonchev–Trinajstić information content (AvgIpc) is 2.51. The van der Waals surface area contributed by atoms with Crippen LogP contribution in [0.2, 0.25) is 0 Å². The van der Waals surface area contributed by atoms with Gasteiger partial charge in [-0.05, 0) is 43.4 Å². The first kappa shape index (κ1) is 14.6. The van der Waals surface area contributed by atoms with E-state index in [1.54, 1.807) is 11.9 Å². The molecular formula is C16H21NO3. The molecule has 2 atom stereocenters. The summed E-state index contributed by atoms with van der Waals surface area (Å²) in [7, 11) is 1.72. The van der Waals surface area contributed by atoms with E-state index in [2.05, 4.69) is 0 Å². The van der Waals surface area contributed by atoms with Crippen LogP contribution in [0.3, 0.4) is 0 Å². The van der Waals surface area contributed by atoms with Gasteiger partial charge in [-0.25, -0.2) is 0 Å². The lowest BCUT2D eigenvalue weighted by molar-refractivity contribution is -0.145. The van der Waals surface area contributed by atoms with Crippen molar-refractivity contribution in [3.05, 3.63) is 34.9 Å². The minimum atomic E-state index is -0.820. The second-order valence-corrected chi connectivity index (χ2v) is 5.59. The predicted octanol–water partition coefficient (Wildman–Crippen LogP) is 2.69. The molecule has 1 aromatic rings. The van der Waals surface area contributed by atoms with Crippen LogP contribution in [0.5, 0.6) is 0 Å². The Morgan fingerprint density at radius 1 is 1.30 bits per heavy atom. The highest BCUT2D eigenvalue weighted by atomic mass is 16.4. The molecule has 0 aromatic heterocycles.